The van der Waals surface area contributed by atoms with E-state index in [0.717, 1.165) is 43.0 Å². The van der Waals surface area contributed by atoms with Gasteiger partial charge in [-0.15, -0.1) is 0 Å². The molecule has 3 aliphatic rings. The van der Waals surface area contributed by atoms with Crippen LogP contribution in [-0.4, -0.2) is 28.2 Å². The van der Waals surface area contributed by atoms with E-state index in [-0.39, 0.29) is 17.1 Å². The van der Waals surface area contributed by atoms with Crippen molar-refractivity contribution in [2.75, 3.05) is 0 Å². The number of nitrogens with one attached hydrogen (secondary N) is 1. The molecule has 1 heterocycles. The summed E-state index contributed by atoms with van der Waals surface area (Å²) in [7, 11) is 0. The Labute approximate surface area is 204 Å². The maximum atomic E-state index is 12.0. The number of hydrogen-bond donors (Lipinski definition) is 2. The van der Waals surface area contributed by atoms with Crippen molar-refractivity contribution in [1.29, 1.82) is 0 Å². The van der Waals surface area contributed by atoms with Crippen molar-refractivity contribution >= 4 is 40.9 Å². The first-order valence-corrected chi connectivity index (χ1v) is 13.0. The predicted molar refractivity (Wildman–Crippen MR) is 131 cm³/mol. The number of aliphatic carboxylic acids is 1. The van der Waals surface area contributed by atoms with E-state index in [1.54, 1.807) is 30.3 Å². The van der Waals surface area contributed by atoms with Gasteiger partial charge in [-0.1, -0.05) is 50.7 Å². The first-order valence-electron chi connectivity index (χ1n) is 12.2. The Hall–Kier alpha value is -2.61. The van der Waals surface area contributed by atoms with Gasteiger partial charge in [0.05, 0.1) is 4.91 Å². The lowest BCUT2D eigenvalue weighted by atomic mass is 9.87. The Balaban J connectivity index is 0.000000271. The Kier molecular flexibility index (Phi) is 10.2. The van der Waals surface area contributed by atoms with Crippen LogP contribution in [0.5, 0.6) is 5.75 Å². The number of ether oxygens (including phenoxy) is 1. The van der Waals surface area contributed by atoms with E-state index in [0.29, 0.717) is 35.3 Å². The predicted octanol–water partition coefficient (Wildman–Crippen LogP) is 5.93. The molecule has 4 rings (SSSR count). The van der Waals surface area contributed by atoms with Crippen molar-refractivity contribution in [3.05, 3.63) is 34.7 Å². The Bertz CT molecular complexity index is 898. The van der Waals surface area contributed by atoms with E-state index in [1.165, 1.54) is 38.5 Å². The largest absolute Gasteiger partial charge is 0.481 e. The Morgan fingerprint density at radius 2 is 1.47 bits per heavy atom. The molecule has 3 fully saturated rings. The second kappa shape index (κ2) is 13.3. The van der Waals surface area contributed by atoms with Crippen LogP contribution in [0.4, 0.5) is 4.79 Å². The van der Waals surface area contributed by atoms with Crippen molar-refractivity contribution in [3.8, 4) is 5.75 Å². The molecule has 1 saturated heterocycles. The van der Waals surface area contributed by atoms with Crippen LogP contribution in [0.25, 0.3) is 6.08 Å². The summed E-state index contributed by atoms with van der Waals surface area (Å²) in [6.07, 6.45) is 14.4. The Morgan fingerprint density at radius 1 is 0.912 bits per heavy atom. The lowest BCUT2D eigenvalue weighted by Crippen LogP contribution is -2.17. The molecule has 2 N–H and O–H groups in total. The molecule has 0 aromatic heterocycles. The summed E-state index contributed by atoms with van der Waals surface area (Å²) in [6, 6.07) is 6.91. The molecule has 1 aromatic carbocycles. The third kappa shape index (κ3) is 8.97. The average molecular weight is 488 g/mol. The van der Waals surface area contributed by atoms with E-state index in [4.69, 9.17) is 9.84 Å². The molecule has 1 aliphatic heterocycles. The maximum Gasteiger partial charge on any atom is 0.311 e. The van der Waals surface area contributed by atoms with Crippen LogP contribution in [-0.2, 0) is 14.4 Å². The number of carboxylic acid groups (broad SMARTS) is 1. The van der Waals surface area contributed by atoms with Crippen LogP contribution in [0.2, 0.25) is 0 Å². The maximum absolute atomic E-state index is 12.0. The Morgan fingerprint density at radius 3 is 1.97 bits per heavy atom. The summed E-state index contributed by atoms with van der Waals surface area (Å²) >= 11 is 0.879. The second-order valence-corrected chi connectivity index (χ2v) is 10.2. The average Bonchev–Trinajstić information content (AvgIpc) is 3.13. The lowest BCUT2D eigenvalue weighted by molar-refractivity contribution is -0.138. The van der Waals surface area contributed by atoms with Crippen molar-refractivity contribution < 1.29 is 29.0 Å². The van der Waals surface area contributed by atoms with E-state index in [1.807, 2.05) is 0 Å². The summed E-state index contributed by atoms with van der Waals surface area (Å²) in [5.41, 5.74) is 0.773. The van der Waals surface area contributed by atoms with E-state index < -0.39 is 5.97 Å². The minimum Gasteiger partial charge on any atom is -0.481 e. The molecule has 0 spiro atoms. The van der Waals surface area contributed by atoms with Gasteiger partial charge in [0.1, 0.15) is 5.75 Å². The zero-order valence-corrected chi connectivity index (χ0v) is 20.2. The third-order valence-corrected chi connectivity index (χ3v) is 7.23. The molecule has 2 saturated carbocycles. The molecular formula is C26H33NO6S. The number of thioether (sulfide) groups is 1. The molecule has 0 unspecified atom stereocenters. The molecule has 1 aromatic rings. The van der Waals surface area contributed by atoms with Crippen molar-refractivity contribution in [2.24, 2.45) is 11.8 Å². The van der Waals surface area contributed by atoms with Crippen LogP contribution in [0.1, 0.15) is 82.6 Å². The number of hydrogen-bond acceptors (Lipinski definition) is 6. The lowest BCUT2D eigenvalue weighted by Gasteiger charge is -2.20. The number of imide groups is 1. The number of carbonyl (C=O) groups excluding carboxylic acids is 3. The highest BCUT2D eigenvalue weighted by atomic mass is 32.2. The SMILES string of the molecule is O=C(CC1CCCCC1)Oc1ccc(/C=C2\SC(=O)NC2=O)cc1.O=C(O)CC1CCCCC1. The van der Waals surface area contributed by atoms with Gasteiger partial charge in [-0.05, 0) is 73.1 Å². The minimum absolute atomic E-state index is 0.190. The summed E-state index contributed by atoms with van der Waals surface area (Å²) < 4.78 is 5.38. The van der Waals surface area contributed by atoms with Gasteiger partial charge in [-0.25, -0.2) is 0 Å². The molecule has 184 valence electrons. The fraction of sp³-hybridized carbons (Fsp3) is 0.538. The fourth-order valence-corrected chi connectivity index (χ4v) is 5.33. The number of carboxylic acids is 1. The summed E-state index contributed by atoms with van der Waals surface area (Å²) in [4.78, 5) is 45.3. The van der Waals surface area contributed by atoms with Crippen LogP contribution < -0.4 is 10.1 Å². The van der Waals surface area contributed by atoms with Gasteiger partial charge in [-0.3, -0.25) is 24.5 Å². The van der Waals surface area contributed by atoms with Crippen molar-refractivity contribution in [2.45, 2.75) is 77.0 Å². The van der Waals surface area contributed by atoms with Crippen molar-refractivity contribution in [3.63, 3.8) is 0 Å². The number of esters is 1. The summed E-state index contributed by atoms with van der Waals surface area (Å²) in [6.45, 7) is 0. The van der Waals surface area contributed by atoms with Gasteiger partial charge >= 0.3 is 11.9 Å². The van der Waals surface area contributed by atoms with Crippen molar-refractivity contribution in [1.82, 2.24) is 5.32 Å². The quantitative estimate of drug-likeness (QED) is 0.291. The molecule has 0 radical (unpaired) electrons. The van der Waals surface area contributed by atoms with E-state index in [2.05, 4.69) is 5.32 Å². The molecule has 0 atom stereocenters. The molecule has 2 amide bonds. The van der Waals surface area contributed by atoms with Crippen LogP contribution in [0.15, 0.2) is 29.2 Å². The smallest absolute Gasteiger partial charge is 0.311 e. The highest BCUT2D eigenvalue weighted by Crippen LogP contribution is 2.28. The minimum atomic E-state index is -0.632. The molecular weight excluding hydrogens is 454 g/mol. The third-order valence-electron chi connectivity index (χ3n) is 6.42. The number of benzene rings is 1. The van der Waals surface area contributed by atoms with Crippen LogP contribution in [0, 0.1) is 11.8 Å². The summed E-state index contributed by atoms with van der Waals surface area (Å²) in [5, 5.41) is 10.3. The summed E-state index contributed by atoms with van der Waals surface area (Å²) in [5.74, 6) is 0.221. The van der Waals surface area contributed by atoms with Gasteiger partial charge in [-0.2, -0.15) is 0 Å². The zero-order valence-electron chi connectivity index (χ0n) is 19.4. The highest BCUT2D eigenvalue weighted by molar-refractivity contribution is 8.18. The molecule has 34 heavy (non-hydrogen) atoms. The fourth-order valence-electron chi connectivity index (χ4n) is 4.64. The first-order chi connectivity index (χ1) is 16.4. The number of amides is 2. The van der Waals surface area contributed by atoms with Gasteiger partial charge in [0.15, 0.2) is 0 Å². The number of carbonyl (C=O) groups is 4. The van der Waals surface area contributed by atoms with Crippen LogP contribution in [0.3, 0.4) is 0 Å². The molecule has 2 aliphatic carbocycles. The van der Waals surface area contributed by atoms with Gasteiger partial charge < -0.3 is 9.84 Å². The van der Waals surface area contributed by atoms with Gasteiger partial charge in [0.25, 0.3) is 11.1 Å². The van der Waals surface area contributed by atoms with Crippen LogP contribution >= 0.6 is 11.8 Å². The second-order valence-electron chi connectivity index (χ2n) is 9.21. The zero-order chi connectivity index (χ0) is 24.3. The molecule has 0 bridgehead atoms. The van der Waals surface area contributed by atoms with E-state index >= 15 is 0 Å². The topological polar surface area (TPSA) is 110 Å². The highest BCUT2D eigenvalue weighted by Gasteiger charge is 2.25. The number of rotatable bonds is 6. The van der Waals surface area contributed by atoms with Gasteiger partial charge in [0, 0.05) is 12.8 Å². The molecule has 7 nitrogen and oxygen atoms in total. The monoisotopic (exact) mass is 487 g/mol. The normalized spacial score (nSPS) is 20.4. The first kappa shape index (κ1) is 26.0. The van der Waals surface area contributed by atoms with E-state index in [9.17, 15) is 19.2 Å². The standard InChI is InChI=1S/C18H19NO4S.C8H14O2/c20-16(11-12-4-2-1-3-5-12)23-14-8-6-13(7-9-14)10-15-17(21)19-18(22)24-15;9-8(10)6-7-4-2-1-3-5-7/h6-10,12H,1-5,11H2,(H,19,21,22);7H,1-6H2,(H,9,10)/b15-10-;. The molecule has 8 heteroatoms. The van der Waals surface area contributed by atoms with Gasteiger partial charge in [0.2, 0.25) is 0 Å².